The molecule has 0 fully saturated rings. The highest BCUT2D eigenvalue weighted by atomic mass is 16.6. The van der Waals surface area contributed by atoms with Crippen LogP contribution in [0.3, 0.4) is 0 Å². The molecule has 0 saturated carbocycles. The molecule has 1 unspecified atom stereocenters. The van der Waals surface area contributed by atoms with Crippen molar-refractivity contribution in [2.24, 2.45) is 5.92 Å². The second-order valence-electron chi connectivity index (χ2n) is 4.13. The third-order valence-corrected chi connectivity index (χ3v) is 2.63. The molecular formula is C13H28O4. The minimum atomic E-state index is 0.621. The van der Waals surface area contributed by atoms with Gasteiger partial charge in [-0.05, 0) is 12.3 Å². The fraction of sp³-hybridized carbons (Fsp3) is 1.00. The molecule has 0 aliphatic rings. The number of rotatable bonds is 13. The number of hydrogen-bond donors (Lipinski definition) is 0. The molecule has 0 radical (unpaired) electrons. The molecule has 4 nitrogen and oxygen atoms in total. The van der Waals surface area contributed by atoms with Crippen LogP contribution < -0.4 is 0 Å². The van der Waals surface area contributed by atoms with Gasteiger partial charge in [-0.1, -0.05) is 20.3 Å². The van der Waals surface area contributed by atoms with Crippen molar-refractivity contribution in [1.29, 1.82) is 0 Å². The van der Waals surface area contributed by atoms with Crippen molar-refractivity contribution in [3.63, 3.8) is 0 Å². The van der Waals surface area contributed by atoms with E-state index in [0.717, 1.165) is 18.9 Å². The Balaban J connectivity index is 2.94. The number of ether oxygens (including phenoxy) is 4. The first-order chi connectivity index (χ1) is 8.31. The van der Waals surface area contributed by atoms with Crippen LogP contribution in [-0.4, -0.2) is 53.4 Å². The largest absolute Gasteiger partial charge is 0.382 e. The first-order valence-corrected chi connectivity index (χ1v) is 6.53. The Labute approximate surface area is 106 Å². The molecule has 1 atom stereocenters. The zero-order valence-electron chi connectivity index (χ0n) is 11.6. The van der Waals surface area contributed by atoms with Gasteiger partial charge >= 0.3 is 0 Å². The predicted octanol–water partition coefficient (Wildman–Crippen LogP) is 2.12. The Morgan fingerprint density at radius 2 is 1.24 bits per heavy atom. The van der Waals surface area contributed by atoms with Gasteiger partial charge in [-0.2, -0.15) is 0 Å². The standard InChI is InChI=1S/C13H28O4/c1-4-13(2)5-6-15-9-10-17-12-11-16-8-7-14-3/h13H,4-12H2,1-3H3. The van der Waals surface area contributed by atoms with Crippen molar-refractivity contribution < 1.29 is 18.9 Å². The molecule has 0 aromatic heterocycles. The lowest BCUT2D eigenvalue weighted by Gasteiger charge is -2.09. The van der Waals surface area contributed by atoms with Gasteiger partial charge in [-0.25, -0.2) is 0 Å². The Hall–Kier alpha value is -0.160. The van der Waals surface area contributed by atoms with E-state index in [2.05, 4.69) is 13.8 Å². The van der Waals surface area contributed by atoms with Crippen LogP contribution >= 0.6 is 0 Å². The highest BCUT2D eigenvalue weighted by molar-refractivity contribution is 4.48. The quantitative estimate of drug-likeness (QED) is 0.468. The summed E-state index contributed by atoms with van der Waals surface area (Å²) < 4.78 is 20.9. The van der Waals surface area contributed by atoms with E-state index in [9.17, 15) is 0 Å². The SMILES string of the molecule is CCC(C)CCOCCOCCOCCOC. The topological polar surface area (TPSA) is 36.9 Å². The van der Waals surface area contributed by atoms with Gasteiger partial charge in [0.1, 0.15) is 0 Å². The maximum absolute atomic E-state index is 5.47. The van der Waals surface area contributed by atoms with Gasteiger partial charge < -0.3 is 18.9 Å². The van der Waals surface area contributed by atoms with Crippen LogP contribution in [0.1, 0.15) is 26.7 Å². The van der Waals surface area contributed by atoms with E-state index in [1.807, 2.05) is 0 Å². The normalized spacial score (nSPS) is 12.9. The van der Waals surface area contributed by atoms with Crippen LogP contribution in [0.2, 0.25) is 0 Å². The van der Waals surface area contributed by atoms with E-state index >= 15 is 0 Å². The summed E-state index contributed by atoms with van der Waals surface area (Å²) >= 11 is 0. The molecular weight excluding hydrogens is 220 g/mol. The Morgan fingerprint density at radius 1 is 0.765 bits per heavy atom. The van der Waals surface area contributed by atoms with Gasteiger partial charge in [0.25, 0.3) is 0 Å². The Kier molecular flexibility index (Phi) is 13.8. The van der Waals surface area contributed by atoms with Crippen LogP contribution in [-0.2, 0) is 18.9 Å². The molecule has 0 aromatic rings. The van der Waals surface area contributed by atoms with Crippen molar-refractivity contribution in [3.05, 3.63) is 0 Å². The van der Waals surface area contributed by atoms with Gasteiger partial charge in [0, 0.05) is 13.7 Å². The maximum atomic E-state index is 5.47. The number of hydrogen-bond acceptors (Lipinski definition) is 4. The van der Waals surface area contributed by atoms with Gasteiger partial charge in [0.2, 0.25) is 0 Å². The van der Waals surface area contributed by atoms with Gasteiger partial charge in [-0.3, -0.25) is 0 Å². The molecule has 0 spiro atoms. The van der Waals surface area contributed by atoms with Gasteiger partial charge in [-0.15, -0.1) is 0 Å². The molecule has 4 heteroatoms. The molecule has 0 aromatic carbocycles. The third-order valence-electron chi connectivity index (χ3n) is 2.63. The lowest BCUT2D eigenvalue weighted by Crippen LogP contribution is -2.12. The average Bonchev–Trinajstić information content (AvgIpc) is 2.35. The van der Waals surface area contributed by atoms with Crippen LogP contribution in [0.15, 0.2) is 0 Å². The molecule has 0 amide bonds. The van der Waals surface area contributed by atoms with Crippen LogP contribution in [0, 0.1) is 5.92 Å². The molecule has 0 bridgehead atoms. The first kappa shape index (κ1) is 16.8. The third kappa shape index (κ3) is 13.8. The summed E-state index contributed by atoms with van der Waals surface area (Å²) in [6.45, 7) is 9.12. The molecule has 0 heterocycles. The van der Waals surface area contributed by atoms with Crippen LogP contribution in [0.5, 0.6) is 0 Å². The monoisotopic (exact) mass is 248 g/mol. The summed E-state index contributed by atoms with van der Waals surface area (Å²) in [5, 5.41) is 0. The van der Waals surface area contributed by atoms with Crippen molar-refractivity contribution >= 4 is 0 Å². The predicted molar refractivity (Wildman–Crippen MR) is 68.4 cm³/mol. The fourth-order valence-corrected chi connectivity index (χ4v) is 1.17. The van der Waals surface area contributed by atoms with E-state index in [0.29, 0.717) is 39.6 Å². The highest BCUT2D eigenvalue weighted by Crippen LogP contribution is 2.05. The molecule has 0 N–H and O–H groups in total. The second kappa shape index (κ2) is 13.9. The van der Waals surface area contributed by atoms with Crippen molar-refractivity contribution in [2.45, 2.75) is 26.7 Å². The van der Waals surface area contributed by atoms with Crippen LogP contribution in [0.4, 0.5) is 0 Å². The van der Waals surface area contributed by atoms with Crippen LogP contribution in [0.25, 0.3) is 0 Å². The van der Waals surface area contributed by atoms with Gasteiger partial charge in [0.05, 0.1) is 39.6 Å². The minimum absolute atomic E-state index is 0.621. The molecule has 104 valence electrons. The van der Waals surface area contributed by atoms with Crippen molar-refractivity contribution in [3.8, 4) is 0 Å². The summed E-state index contributed by atoms with van der Waals surface area (Å²) in [6.07, 6.45) is 2.36. The zero-order chi connectivity index (χ0) is 12.8. The minimum Gasteiger partial charge on any atom is -0.382 e. The summed E-state index contributed by atoms with van der Waals surface area (Å²) in [5.41, 5.74) is 0. The van der Waals surface area contributed by atoms with E-state index in [4.69, 9.17) is 18.9 Å². The van der Waals surface area contributed by atoms with Crippen molar-refractivity contribution in [2.75, 3.05) is 53.4 Å². The van der Waals surface area contributed by atoms with Gasteiger partial charge in [0.15, 0.2) is 0 Å². The molecule has 0 aliphatic heterocycles. The molecule has 0 rings (SSSR count). The molecule has 0 saturated heterocycles. The smallest absolute Gasteiger partial charge is 0.0701 e. The summed E-state index contributed by atoms with van der Waals surface area (Å²) in [7, 11) is 1.66. The fourth-order valence-electron chi connectivity index (χ4n) is 1.17. The Bertz CT molecular complexity index is 141. The first-order valence-electron chi connectivity index (χ1n) is 6.53. The van der Waals surface area contributed by atoms with E-state index < -0.39 is 0 Å². The van der Waals surface area contributed by atoms with E-state index in [-0.39, 0.29) is 0 Å². The lowest BCUT2D eigenvalue weighted by atomic mass is 10.1. The molecule has 0 aliphatic carbocycles. The highest BCUT2D eigenvalue weighted by Gasteiger charge is 1.97. The summed E-state index contributed by atoms with van der Waals surface area (Å²) in [5.74, 6) is 0.755. The second-order valence-corrected chi connectivity index (χ2v) is 4.13. The lowest BCUT2D eigenvalue weighted by molar-refractivity contribution is 0.00229. The summed E-state index contributed by atoms with van der Waals surface area (Å²) in [4.78, 5) is 0. The maximum Gasteiger partial charge on any atom is 0.0701 e. The van der Waals surface area contributed by atoms with E-state index in [1.54, 1.807) is 7.11 Å². The van der Waals surface area contributed by atoms with Crippen molar-refractivity contribution in [1.82, 2.24) is 0 Å². The van der Waals surface area contributed by atoms with E-state index in [1.165, 1.54) is 6.42 Å². The average molecular weight is 248 g/mol. The summed E-state index contributed by atoms with van der Waals surface area (Å²) in [6, 6.07) is 0. The molecule has 17 heavy (non-hydrogen) atoms. The number of methoxy groups -OCH3 is 1. The Morgan fingerprint density at radius 3 is 1.71 bits per heavy atom. The zero-order valence-corrected chi connectivity index (χ0v) is 11.6.